The summed E-state index contributed by atoms with van der Waals surface area (Å²) in [6.45, 7) is 6.61. The second-order valence-corrected chi connectivity index (χ2v) is 8.09. The number of likely N-dealkylation sites (tertiary alicyclic amines) is 1. The minimum atomic E-state index is -0.0255. The summed E-state index contributed by atoms with van der Waals surface area (Å²) < 4.78 is 5.27. The van der Waals surface area contributed by atoms with Crippen molar-refractivity contribution in [2.75, 3.05) is 27.2 Å². The smallest absolute Gasteiger partial charge is 0.251 e. The number of hydrogen-bond acceptors (Lipinski definition) is 3. The molecule has 6 nitrogen and oxygen atoms in total. The molecule has 2 atom stereocenters. The predicted octanol–water partition coefficient (Wildman–Crippen LogP) is 4.41. The van der Waals surface area contributed by atoms with E-state index in [2.05, 4.69) is 39.6 Å². The van der Waals surface area contributed by atoms with Crippen molar-refractivity contribution in [3.8, 4) is 5.75 Å². The van der Waals surface area contributed by atoms with Crippen LogP contribution in [0.25, 0.3) is 0 Å². The molecule has 1 saturated heterocycles. The molecule has 7 heteroatoms. The molecule has 0 aromatic heterocycles. The zero-order valence-electron chi connectivity index (χ0n) is 19.4. The van der Waals surface area contributed by atoms with E-state index in [1.807, 2.05) is 50.4 Å². The Hall–Kier alpha value is -2.29. The number of hydrogen-bond donors (Lipinski definition) is 2. The molecular formula is C25H35IN4O2. The largest absolute Gasteiger partial charge is 0.497 e. The summed E-state index contributed by atoms with van der Waals surface area (Å²) in [5.41, 5.74) is 3.08. The van der Waals surface area contributed by atoms with Gasteiger partial charge in [0.05, 0.1) is 7.11 Å². The third-order valence-corrected chi connectivity index (χ3v) is 5.92. The van der Waals surface area contributed by atoms with Gasteiger partial charge in [-0.15, -0.1) is 24.0 Å². The molecule has 0 aliphatic carbocycles. The first-order chi connectivity index (χ1) is 15.0. The minimum absolute atomic E-state index is 0. The predicted molar refractivity (Wildman–Crippen MR) is 141 cm³/mol. The molecule has 0 spiro atoms. The van der Waals surface area contributed by atoms with Gasteiger partial charge >= 0.3 is 0 Å². The standard InChI is InChI=1S/C25H34N4O2.HI/c1-5-18(2)28-24(30)21-8-6-7-19(15-21)16-27-25(26-3)29-14-13-22(17-29)20-9-11-23(31-4)12-10-20;/h6-12,15,18,22H,5,13-14,16-17H2,1-4H3,(H,26,27)(H,28,30);1H. The van der Waals surface area contributed by atoms with E-state index in [9.17, 15) is 4.79 Å². The second kappa shape index (κ2) is 12.7. The van der Waals surface area contributed by atoms with E-state index in [4.69, 9.17) is 4.74 Å². The molecule has 3 rings (SSSR count). The zero-order valence-corrected chi connectivity index (χ0v) is 21.8. The molecule has 1 aliphatic rings. The van der Waals surface area contributed by atoms with E-state index < -0.39 is 0 Å². The number of ether oxygens (including phenoxy) is 1. The van der Waals surface area contributed by atoms with Crippen LogP contribution in [0.3, 0.4) is 0 Å². The number of nitrogens with zero attached hydrogens (tertiary/aromatic N) is 2. The lowest BCUT2D eigenvalue weighted by molar-refractivity contribution is 0.0939. The molecule has 2 N–H and O–H groups in total. The van der Waals surface area contributed by atoms with Crippen LogP contribution in [0.5, 0.6) is 5.75 Å². The first-order valence-electron chi connectivity index (χ1n) is 11.0. The van der Waals surface area contributed by atoms with Gasteiger partial charge in [0.2, 0.25) is 0 Å². The van der Waals surface area contributed by atoms with Crippen molar-refractivity contribution in [1.82, 2.24) is 15.5 Å². The first kappa shape index (κ1) is 26.0. The molecule has 32 heavy (non-hydrogen) atoms. The van der Waals surface area contributed by atoms with E-state index >= 15 is 0 Å². The fourth-order valence-corrected chi connectivity index (χ4v) is 3.85. The van der Waals surface area contributed by atoms with Gasteiger partial charge in [0, 0.05) is 44.2 Å². The van der Waals surface area contributed by atoms with Crippen LogP contribution in [0.1, 0.15) is 54.1 Å². The van der Waals surface area contributed by atoms with Crippen LogP contribution in [0.4, 0.5) is 0 Å². The topological polar surface area (TPSA) is 66.0 Å². The molecule has 2 aromatic carbocycles. The fraction of sp³-hybridized carbons (Fsp3) is 0.440. The minimum Gasteiger partial charge on any atom is -0.497 e. The van der Waals surface area contributed by atoms with Gasteiger partial charge < -0.3 is 20.3 Å². The van der Waals surface area contributed by atoms with Crippen LogP contribution in [-0.4, -0.2) is 50.1 Å². The maximum Gasteiger partial charge on any atom is 0.251 e. The van der Waals surface area contributed by atoms with Crippen molar-refractivity contribution in [1.29, 1.82) is 0 Å². The summed E-state index contributed by atoms with van der Waals surface area (Å²) in [6.07, 6.45) is 2.01. The Bertz CT molecular complexity index is 901. The number of rotatable bonds is 7. The lowest BCUT2D eigenvalue weighted by Gasteiger charge is -2.22. The van der Waals surface area contributed by atoms with E-state index in [-0.39, 0.29) is 35.9 Å². The number of halogens is 1. The summed E-state index contributed by atoms with van der Waals surface area (Å²) in [7, 11) is 3.51. The molecule has 0 saturated carbocycles. The summed E-state index contributed by atoms with van der Waals surface area (Å²) in [5.74, 6) is 2.24. The summed E-state index contributed by atoms with van der Waals surface area (Å²) in [4.78, 5) is 19.2. The van der Waals surface area contributed by atoms with Gasteiger partial charge in [-0.25, -0.2) is 0 Å². The monoisotopic (exact) mass is 550 g/mol. The maximum absolute atomic E-state index is 12.4. The van der Waals surface area contributed by atoms with Gasteiger partial charge in [-0.1, -0.05) is 31.2 Å². The highest BCUT2D eigenvalue weighted by molar-refractivity contribution is 14.0. The van der Waals surface area contributed by atoms with Crippen molar-refractivity contribution in [3.05, 3.63) is 65.2 Å². The molecule has 2 unspecified atom stereocenters. The van der Waals surface area contributed by atoms with Gasteiger partial charge in [0.15, 0.2) is 5.96 Å². The molecule has 0 bridgehead atoms. The number of carbonyl (C=O) groups excluding carboxylic acids is 1. The first-order valence-corrected chi connectivity index (χ1v) is 11.0. The van der Waals surface area contributed by atoms with Gasteiger partial charge in [-0.05, 0) is 55.2 Å². The van der Waals surface area contributed by atoms with Crippen molar-refractivity contribution in [2.24, 2.45) is 4.99 Å². The SMILES string of the molecule is CCC(C)NC(=O)c1cccc(CNC(=NC)N2CCC(c3ccc(OC)cc3)C2)c1.I. The Kier molecular flexibility index (Phi) is 10.3. The highest BCUT2D eigenvalue weighted by Crippen LogP contribution is 2.28. The van der Waals surface area contributed by atoms with Crippen molar-refractivity contribution in [3.63, 3.8) is 0 Å². The van der Waals surface area contributed by atoms with Gasteiger partial charge in [-0.3, -0.25) is 9.79 Å². The molecule has 2 aromatic rings. The number of aliphatic imine (C=N–C) groups is 1. The van der Waals surface area contributed by atoms with Crippen molar-refractivity contribution >= 4 is 35.8 Å². The average molecular weight is 550 g/mol. The lowest BCUT2D eigenvalue weighted by atomic mass is 9.98. The highest BCUT2D eigenvalue weighted by Gasteiger charge is 2.26. The fourth-order valence-electron chi connectivity index (χ4n) is 3.85. The number of amides is 1. The number of nitrogens with one attached hydrogen (secondary N) is 2. The van der Waals surface area contributed by atoms with E-state index in [1.165, 1.54) is 5.56 Å². The van der Waals surface area contributed by atoms with Crippen LogP contribution < -0.4 is 15.4 Å². The highest BCUT2D eigenvalue weighted by atomic mass is 127. The molecule has 174 valence electrons. The van der Waals surface area contributed by atoms with Crippen LogP contribution in [-0.2, 0) is 6.54 Å². The molecule has 1 heterocycles. The average Bonchev–Trinajstić information content (AvgIpc) is 3.29. The van der Waals surface area contributed by atoms with Gasteiger partial charge in [0.25, 0.3) is 5.91 Å². The van der Waals surface area contributed by atoms with Crippen LogP contribution >= 0.6 is 24.0 Å². The Morgan fingerprint density at radius 2 is 2.00 bits per heavy atom. The Labute approximate surface area is 208 Å². The van der Waals surface area contributed by atoms with Crippen molar-refractivity contribution in [2.45, 2.75) is 45.2 Å². The third kappa shape index (κ3) is 6.85. The van der Waals surface area contributed by atoms with Crippen molar-refractivity contribution < 1.29 is 9.53 Å². The second-order valence-electron chi connectivity index (χ2n) is 8.09. The van der Waals surface area contributed by atoms with E-state index in [0.29, 0.717) is 18.0 Å². The Morgan fingerprint density at radius 3 is 2.66 bits per heavy atom. The number of methoxy groups -OCH3 is 1. The Morgan fingerprint density at radius 1 is 1.25 bits per heavy atom. The number of guanidine groups is 1. The molecule has 1 amide bonds. The zero-order chi connectivity index (χ0) is 22.2. The van der Waals surface area contributed by atoms with Gasteiger partial charge in [0.1, 0.15) is 5.75 Å². The summed E-state index contributed by atoms with van der Waals surface area (Å²) in [6, 6.07) is 16.3. The van der Waals surface area contributed by atoms with Crippen LogP contribution in [0.15, 0.2) is 53.5 Å². The normalized spacial score (nSPS) is 16.8. The number of benzene rings is 2. The summed E-state index contributed by atoms with van der Waals surface area (Å²) in [5, 5.41) is 6.48. The molecular weight excluding hydrogens is 515 g/mol. The Balaban J connectivity index is 0.00000363. The van der Waals surface area contributed by atoms with Gasteiger partial charge in [-0.2, -0.15) is 0 Å². The maximum atomic E-state index is 12.4. The third-order valence-electron chi connectivity index (χ3n) is 5.92. The van der Waals surface area contributed by atoms with Crippen LogP contribution in [0.2, 0.25) is 0 Å². The molecule has 0 radical (unpaired) electrons. The quantitative estimate of drug-likeness (QED) is 0.305. The lowest BCUT2D eigenvalue weighted by Crippen LogP contribution is -2.39. The number of carbonyl (C=O) groups is 1. The molecule has 1 fully saturated rings. The molecule has 1 aliphatic heterocycles. The van der Waals surface area contributed by atoms with Crippen LogP contribution in [0, 0.1) is 0 Å². The van der Waals surface area contributed by atoms with E-state index in [0.717, 1.165) is 43.2 Å². The van der Waals surface area contributed by atoms with E-state index in [1.54, 1.807) is 7.11 Å². The summed E-state index contributed by atoms with van der Waals surface area (Å²) >= 11 is 0.